The maximum absolute atomic E-state index is 11.9. The van der Waals surface area contributed by atoms with Gasteiger partial charge in [0.15, 0.2) is 17.5 Å². The quantitative estimate of drug-likeness (QED) is 0.234. The molecule has 0 bridgehead atoms. The Hall–Kier alpha value is -1.71. The summed E-state index contributed by atoms with van der Waals surface area (Å²) in [7, 11) is 3.25. The number of likely N-dealkylation sites (tertiary alicyclic amines) is 1. The molecule has 1 aliphatic rings. The van der Waals surface area contributed by atoms with Crippen molar-refractivity contribution in [1.82, 2.24) is 10.2 Å². The second-order valence-electron chi connectivity index (χ2n) is 6.68. The van der Waals surface area contributed by atoms with Gasteiger partial charge in [-0.15, -0.1) is 24.0 Å². The van der Waals surface area contributed by atoms with Gasteiger partial charge in [0.1, 0.15) is 0 Å². The van der Waals surface area contributed by atoms with E-state index in [0.717, 1.165) is 62.3 Å². The minimum absolute atomic E-state index is 0. The smallest absolute Gasteiger partial charge is 0.222 e. The van der Waals surface area contributed by atoms with Crippen LogP contribution >= 0.6 is 24.0 Å². The third kappa shape index (κ3) is 8.12. The van der Waals surface area contributed by atoms with E-state index >= 15 is 0 Å². The summed E-state index contributed by atoms with van der Waals surface area (Å²) in [4.78, 5) is 18.3. The van der Waals surface area contributed by atoms with Gasteiger partial charge in [-0.3, -0.25) is 9.79 Å². The van der Waals surface area contributed by atoms with Gasteiger partial charge in [-0.2, -0.15) is 0 Å². The second kappa shape index (κ2) is 13.5. The molecule has 1 fully saturated rings. The molecule has 0 unspecified atom stereocenters. The molecule has 158 valence electrons. The standard InChI is InChI=1S/C20H32N4O3.HI/c1-26-17-9-8-16(15-18(17)27-2)10-12-23-20(21)22-11-6-14-24-13-5-3-4-7-19(24)25;/h8-9,15H,3-7,10-14H2,1-2H3,(H3,21,22,23);1H. The summed E-state index contributed by atoms with van der Waals surface area (Å²) >= 11 is 0. The molecule has 1 aliphatic heterocycles. The lowest BCUT2D eigenvalue weighted by Crippen LogP contribution is -2.34. The van der Waals surface area contributed by atoms with Gasteiger partial charge in [0.25, 0.3) is 0 Å². The van der Waals surface area contributed by atoms with Crippen LogP contribution in [0.3, 0.4) is 0 Å². The Morgan fingerprint density at radius 3 is 2.75 bits per heavy atom. The number of halogens is 1. The summed E-state index contributed by atoms with van der Waals surface area (Å²) in [5, 5.41) is 3.13. The zero-order chi connectivity index (χ0) is 19.5. The number of aliphatic imine (C=N–C) groups is 1. The number of methoxy groups -OCH3 is 2. The number of carbonyl (C=O) groups is 1. The summed E-state index contributed by atoms with van der Waals surface area (Å²) in [6.45, 7) is 2.96. The summed E-state index contributed by atoms with van der Waals surface area (Å²) in [6.07, 6.45) is 5.60. The number of hydrogen-bond acceptors (Lipinski definition) is 4. The fourth-order valence-corrected chi connectivity index (χ4v) is 3.16. The molecule has 0 aliphatic carbocycles. The predicted molar refractivity (Wildman–Crippen MR) is 123 cm³/mol. The Morgan fingerprint density at radius 2 is 2.00 bits per heavy atom. The molecule has 0 radical (unpaired) electrons. The van der Waals surface area contributed by atoms with Crippen LogP contribution in [0.5, 0.6) is 11.5 Å². The highest BCUT2D eigenvalue weighted by molar-refractivity contribution is 14.0. The van der Waals surface area contributed by atoms with E-state index < -0.39 is 0 Å². The van der Waals surface area contributed by atoms with Crippen LogP contribution in [0.1, 0.15) is 37.7 Å². The van der Waals surface area contributed by atoms with Crippen LogP contribution in [0.15, 0.2) is 23.2 Å². The number of nitrogens with one attached hydrogen (secondary N) is 1. The van der Waals surface area contributed by atoms with E-state index in [2.05, 4.69) is 10.3 Å². The summed E-state index contributed by atoms with van der Waals surface area (Å²) in [5.74, 6) is 2.16. The van der Waals surface area contributed by atoms with Gasteiger partial charge in [0.05, 0.1) is 14.2 Å². The lowest BCUT2D eigenvalue weighted by Gasteiger charge is -2.19. The molecule has 0 saturated carbocycles. The number of ether oxygens (including phenoxy) is 2. The Bertz CT molecular complexity index is 640. The molecule has 28 heavy (non-hydrogen) atoms. The van der Waals surface area contributed by atoms with E-state index in [9.17, 15) is 4.79 Å². The maximum atomic E-state index is 11.9. The fraction of sp³-hybridized carbons (Fsp3) is 0.600. The zero-order valence-electron chi connectivity index (χ0n) is 16.9. The number of guanidine groups is 1. The van der Waals surface area contributed by atoms with Gasteiger partial charge >= 0.3 is 0 Å². The number of carbonyl (C=O) groups excluding carboxylic acids is 1. The zero-order valence-corrected chi connectivity index (χ0v) is 19.2. The van der Waals surface area contributed by atoms with Crippen LogP contribution in [0.25, 0.3) is 0 Å². The van der Waals surface area contributed by atoms with Crippen molar-refractivity contribution < 1.29 is 14.3 Å². The van der Waals surface area contributed by atoms with Crippen molar-refractivity contribution >= 4 is 35.8 Å². The van der Waals surface area contributed by atoms with Crippen molar-refractivity contribution in [3.8, 4) is 11.5 Å². The van der Waals surface area contributed by atoms with E-state index in [1.165, 1.54) is 0 Å². The lowest BCUT2D eigenvalue weighted by molar-refractivity contribution is -0.130. The van der Waals surface area contributed by atoms with Crippen LogP contribution in [0.2, 0.25) is 0 Å². The van der Waals surface area contributed by atoms with Crippen LogP contribution in [-0.2, 0) is 11.2 Å². The number of amides is 1. The molecular weight excluding hydrogens is 471 g/mol. The first-order valence-corrected chi connectivity index (χ1v) is 9.66. The minimum atomic E-state index is 0. The molecule has 1 aromatic rings. The molecule has 3 N–H and O–H groups in total. The average molecular weight is 504 g/mol. The minimum Gasteiger partial charge on any atom is -0.493 e. The van der Waals surface area contributed by atoms with Gasteiger partial charge in [-0.05, 0) is 43.4 Å². The molecule has 7 nitrogen and oxygen atoms in total. The number of hydrogen-bond donors (Lipinski definition) is 2. The average Bonchev–Trinajstić information content (AvgIpc) is 2.89. The Labute approximate surface area is 185 Å². The lowest BCUT2D eigenvalue weighted by atomic mass is 10.1. The maximum Gasteiger partial charge on any atom is 0.222 e. The van der Waals surface area contributed by atoms with Crippen molar-refractivity contribution in [2.75, 3.05) is 40.4 Å². The van der Waals surface area contributed by atoms with Gasteiger partial charge in [-0.1, -0.05) is 12.5 Å². The van der Waals surface area contributed by atoms with Crippen molar-refractivity contribution in [3.05, 3.63) is 23.8 Å². The monoisotopic (exact) mass is 504 g/mol. The first-order valence-electron chi connectivity index (χ1n) is 9.66. The van der Waals surface area contributed by atoms with E-state index in [1.54, 1.807) is 14.2 Å². The SMILES string of the molecule is COc1ccc(CCNC(N)=NCCCN2CCCCCC2=O)cc1OC.I. The van der Waals surface area contributed by atoms with Gasteiger partial charge in [-0.25, -0.2) is 0 Å². The predicted octanol–water partition coefficient (Wildman–Crippen LogP) is 2.56. The third-order valence-electron chi connectivity index (χ3n) is 4.71. The van der Waals surface area contributed by atoms with Gasteiger partial charge in [0.2, 0.25) is 5.91 Å². The molecule has 1 heterocycles. The Morgan fingerprint density at radius 1 is 1.21 bits per heavy atom. The number of nitrogens with two attached hydrogens (primary N) is 1. The van der Waals surface area contributed by atoms with E-state index in [1.807, 2.05) is 23.1 Å². The van der Waals surface area contributed by atoms with Crippen LogP contribution in [0.4, 0.5) is 0 Å². The summed E-state index contributed by atoms with van der Waals surface area (Å²) in [5.41, 5.74) is 7.06. The largest absolute Gasteiger partial charge is 0.493 e. The molecule has 2 rings (SSSR count). The second-order valence-corrected chi connectivity index (χ2v) is 6.68. The van der Waals surface area contributed by atoms with E-state index in [4.69, 9.17) is 15.2 Å². The molecule has 0 spiro atoms. The molecule has 0 atom stereocenters. The molecule has 1 amide bonds. The number of nitrogens with zero attached hydrogens (tertiary/aromatic N) is 2. The first kappa shape index (κ1) is 24.3. The van der Waals surface area contributed by atoms with Crippen LogP contribution in [0, 0.1) is 0 Å². The third-order valence-corrected chi connectivity index (χ3v) is 4.71. The fourth-order valence-electron chi connectivity index (χ4n) is 3.16. The highest BCUT2D eigenvalue weighted by atomic mass is 127. The van der Waals surface area contributed by atoms with Crippen molar-refractivity contribution in [1.29, 1.82) is 0 Å². The molecule has 8 heteroatoms. The number of benzene rings is 1. The van der Waals surface area contributed by atoms with Crippen molar-refractivity contribution in [2.45, 2.75) is 38.5 Å². The summed E-state index contributed by atoms with van der Waals surface area (Å²) in [6, 6.07) is 5.87. The van der Waals surface area contributed by atoms with E-state index in [-0.39, 0.29) is 29.9 Å². The van der Waals surface area contributed by atoms with Crippen molar-refractivity contribution in [3.63, 3.8) is 0 Å². The molecule has 0 aromatic heterocycles. The highest BCUT2D eigenvalue weighted by Gasteiger charge is 2.15. The number of rotatable bonds is 9. The normalized spacial score (nSPS) is 14.9. The van der Waals surface area contributed by atoms with E-state index in [0.29, 0.717) is 25.5 Å². The van der Waals surface area contributed by atoms with Crippen molar-refractivity contribution in [2.24, 2.45) is 10.7 Å². The first-order chi connectivity index (χ1) is 13.1. The van der Waals surface area contributed by atoms with Crippen LogP contribution in [-0.4, -0.2) is 57.2 Å². The summed E-state index contributed by atoms with van der Waals surface area (Å²) < 4.78 is 10.6. The topological polar surface area (TPSA) is 89.2 Å². The highest BCUT2D eigenvalue weighted by Crippen LogP contribution is 2.27. The Kier molecular flexibility index (Phi) is 11.7. The Balaban J connectivity index is 0.00000392. The molecule has 1 saturated heterocycles. The molecule has 1 aromatic carbocycles. The van der Waals surface area contributed by atoms with Gasteiger partial charge < -0.3 is 25.4 Å². The molecular formula is C20H33IN4O3. The van der Waals surface area contributed by atoms with Gasteiger partial charge in [0, 0.05) is 32.6 Å². The van der Waals surface area contributed by atoms with Crippen LogP contribution < -0.4 is 20.5 Å².